The fraction of sp³-hybridized carbons (Fsp3) is 1.00. The van der Waals surface area contributed by atoms with E-state index in [0.29, 0.717) is 24.2 Å². The van der Waals surface area contributed by atoms with E-state index in [1.54, 1.807) is 0 Å². The second-order valence-electron chi connectivity index (χ2n) is 6.81. The van der Waals surface area contributed by atoms with Crippen molar-refractivity contribution >= 4 is 0 Å². The maximum Gasteiger partial charge on any atom is 0.0221 e. The number of hydrogen-bond donors (Lipinski definition) is 4. The van der Waals surface area contributed by atoms with E-state index in [0.717, 1.165) is 26.2 Å². The molecule has 3 aliphatic rings. The fourth-order valence-corrected chi connectivity index (χ4v) is 4.27. The number of fused-ring (bicyclic) bond motifs is 2. The molecule has 2 saturated carbocycles. The van der Waals surface area contributed by atoms with Crippen LogP contribution in [0.4, 0.5) is 0 Å². The zero-order chi connectivity index (χ0) is 13.6. The van der Waals surface area contributed by atoms with Crippen LogP contribution in [0.2, 0.25) is 0 Å². The Labute approximate surface area is 123 Å². The standard InChI is InChI=1S/C16H32N4/c1-2-6-14-13(5-1)17-9-10-19-15-7-3-4-8-16(15)20-12-11-18-14/h13-20H,1-12H2. The van der Waals surface area contributed by atoms with Crippen molar-refractivity contribution in [1.29, 1.82) is 0 Å². The Morgan fingerprint density at radius 1 is 0.400 bits per heavy atom. The minimum Gasteiger partial charge on any atom is -0.311 e. The minimum absolute atomic E-state index is 0.687. The van der Waals surface area contributed by atoms with E-state index in [1.807, 2.05) is 0 Å². The van der Waals surface area contributed by atoms with Crippen LogP contribution in [0.3, 0.4) is 0 Å². The number of hydrogen-bond acceptors (Lipinski definition) is 4. The summed E-state index contributed by atoms with van der Waals surface area (Å²) in [5.74, 6) is 0. The second-order valence-corrected chi connectivity index (χ2v) is 6.81. The van der Waals surface area contributed by atoms with Crippen molar-refractivity contribution < 1.29 is 0 Å². The van der Waals surface area contributed by atoms with E-state index >= 15 is 0 Å². The van der Waals surface area contributed by atoms with Gasteiger partial charge in [-0.15, -0.1) is 0 Å². The van der Waals surface area contributed by atoms with Crippen molar-refractivity contribution in [3.05, 3.63) is 0 Å². The van der Waals surface area contributed by atoms with Gasteiger partial charge < -0.3 is 21.3 Å². The van der Waals surface area contributed by atoms with Gasteiger partial charge in [-0.25, -0.2) is 0 Å². The second kappa shape index (κ2) is 7.74. The molecule has 2 aliphatic carbocycles. The molecule has 4 nitrogen and oxygen atoms in total. The van der Waals surface area contributed by atoms with Gasteiger partial charge in [-0.1, -0.05) is 25.7 Å². The van der Waals surface area contributed by atoms with E-state index in [9.17, 15) is 0 Å². The van der Waals surface area contributed by atoms with Crippen LogP contribution in [0.5, 0.6) is 0 Å². The maximum absolute atomic E-state index is 3.79. The van der Waals surface area contributed by atoms with Crippen LogP contribution in [-0.2, 0) is 0 Å². The van der Waals surface area contributed by atoms with Crippen molar-refractivity contribution in [3.8, 4) is 0 Å². The summed E-state index contributed by atoms with van der Waals surface area (Å²) in [6, 6.07) is 2.75. The van der Waals surface area contributed by atoms with E-state index in [2.05, 4.69) is 21.3 Å². The van der Waals surface area contributed by atoms with Crippen LogP contribution in [0, 0.1) is 0 Å². The fourth-order valence-electron chi connectivity index (χ4n) is 4.27. The van der Waals surface area contributed by atoms with Crippen molar-refractivity contribution in [2.75, 3.05) is 26.2 Å². The molecule has 0 radical (unpaired) electrons. The lowest BCUT2D eigenvalue weighted by molar-refractivity contribution is 0.251. The third-order valence-corrected chi connectivity index (χ3v) is 5.41. The zero-order valence-electron chi connectivity index (χ0n) is 12.8. The SMILES string of the molecule is C1CCC2NCCNC3CCCCC3NCCNC2C1. The Kier molecular flexibility index (Phi) is 5.71. The van der Waals surface area contributed by atoms with Crippen LogP contribution in [0.25, 0.3) is 0 Å². The first-order valence-electron chi connectivity index (χ1n) is 8.87. The smallest absolute Gasteiger partial charge is 0.0221 e. The molecular weight excluding hydrogens is 248 g/mol. The third kappa shape index (κ3) is 3.94. The molecule has 0 amide bonds. The topological polar surface area (TPSA) is 48.1 Å². The first-order valence-corrected chi connectivity index (χ1v) is 8.87. The summed E-state index contributed by atoms with van der Waals surface area (Å²) < 4.78 is 0. The molecule has 4 N–H and O–H groups in total. The Morgan fingerprint density at radius 2 is 0.650 bits per heavy atom. The van der Waals surface area contributed by atoms with Crippen LogP contribution < -0.4 is 21.3 Å². The minimum atomic E-state index is 0.687. The van der Waals surface area contributed by atoms with Gasteiger partial charge in [-0.3, -0.25) is 0 Å². The Bertz CT molecular complexity index is 228. The Hall–Kier alpha value is -0.160. The zero-order valence-corrected chi connectivity index (χ0v) is 12.8. The monoisotopic (exact) mass is 280 g/mol. The molecular formula is C16H32N4. The quantitative estimate of drug-likeness (QED) is 0.534. The van der Waals surface area contributed by atoms with Crippen LogP contribution in [0.15, 0.2) is 0 Å². The molecule has 4 heteroatoms. The molecule has 116 valence electrons. The van der Waals surface area contributed by atoms with Gasteiger partial charge >= 0.3 is 0 Å². The van der Waals surface area contributed by atoms with Crippen molar-refractivity contribution in [1.82, 2.24) is 21.3 Å². The highest BCUT2D eigenvalue weighted by molar-refractivity contribution is 4.90. The summed E-state index contributed by atoms with van der Waals surface area (Å²) in [6.07, 6.45) is 11.0. The van der Waals surface area contributed by atoms with Gasteiger partial charge in [0, 0.05) is 50.3 Å². The summed E-state index contributed by atoms with van der Waals surface area (Å²) >= 11 is 0. The summed E-state index contributed by atoms with van der Waals surface area (Å²) in [6.45, 7) is 4.47. The average molecular weight is 280 g/mol. The molecule has 1 aliphatic heterocycles. The van der Waals surface area contributed by atoms with Gasteiger partial charge in [0.2, 0.25) is 0 Å². The third-order valence-electron chi connectivity index (χ3n) is 5.41. The van der Waals surface area contributed by atoms with Crippen molar-refractivity contribution in [2.24, 2.45) is 0 Å². The van der Waals surface area contributed by atoms with Gasteiger partial charge in [0.25, 0.3) is 0 Å². The first-order chi connectivity index (χ1) is 9.93. The highest BCUT2D eigenvalue weighted by Gasteiger charge is 2.27. The molecule has 4 unspecified atom stereocenters. The molecule has 3 rings (SSSR count). The molecule has 1 saturated heterocycles. The largest absolute Gasteiger partial charge is 0.311 e. The maximum atomic E-state index is 3.79. The molecule has 0 aromatic rings. The molecule has 4 atom stereocenters. The van der Waals surface area contributed by atoms with E-state index in [1.165, 1.54) is 51.4 Å². The Balaban J connectivity index is 1.54. The molecule has 0 bridgehead atoms. The van der Waals surface area contributed by atoms with E-state index in [-0.39, 0.29) is 0 Å². The molecule has 3 fully saturated rings. The summed E-state index contributed by atoms with van der Waals surface area (Å²) in [5, 5.41) is 15.2. The van der Waals surface area contributed by atoms with Crippen LogP contribution in [-0.4, -0.2) is 50.3 Å². The highest BCUT2D eigenvalue weighted by Crippen LogP contribution is 2.20. The lowest BCUT2D eigenvalue weighted by Crippen LogP contribution is -2.56. The summed E-state index contributed by atoms with van der Waals surface area (Å²) in [7, 11) is 0. The number of rotatable bonds is 0. The van der Waals surface area contributed by atoms with Gasteiger partial charge in [0.1, 0.15) is 0 Å². The van der Waals surface area contributed by atoms with Crippen LogP contribution >= 0.6 is 0 Å². The average Bonchev–Trinajstić information content (AvgIpc) is 2.49. The van der Waals surface area contributed by atoms with Gasteiger partial charge in [-0.05, 0) is 25.7 Å². The van der Waals surface area contributed by atoms with Gasteiger partial charge in [0.05, 0.1) is 0 Å². The van der Waals surface area contributed by atoms with E-state index < -0.39 is 0 Å². The first kappa shape index (κ1) is 14.8. The van der Waals surface area contributed by atoms with Crippen LogP contribution in [0.1, 0.15) is 51.4 Å². The summed E-state index contributed by atoms with van der Waals surface area (Å²) in [5.41, 5.74) is 0. The van der Waals surface area contributed by atoms with Crippen molar-refractivity contribution in [2.45, 2.75) is 75.5 Å². The molecule has 0 spiro atoms. The predicted molar refractivity (Wildman–Crippen MR) is 84.1 cm³/mol. The lowest BCUT2D eigenvalue weighted by atomic mass is 9.89. The van der Waals surface area contributed by atoms with Crippen molar-refractivity contribution in [3.63, 3.8) is 0 Å². The molecule has 0 aromatic heterocycles. The highest BCUT2D eigenvalue weighted by atomic mass is 15.1. The Morgan fingerprint density at radius 3 is 0.900 bits per heavy atom. The lowest BCUT2D eigenvalue weighted by Gasteiger charge is -2.37. The molecule has 0 aromatic carbocycles. The van der Waals surface area contributed by atoms with Gasteiger partial charge in [0.15, 0.2) is 0 Å². The van der Waals surface area contributed by atoms with E-state index in [4.69, 9.17) is 0 Å². The molecule has 1 heterocycles. The normalized spacial score (nSPS) is 40.8. The number of nitrogens with one attached hydrogen (secondary N) is 4. The molecule has 20 heavy (non-hydrogen) atoms. The predicted octanol–water partition coefficient (Wildman–Crippen LogP) is 0.981. The summed E-state index contributed by atoms with van der Waals surface area (Å²) in [4.78, 5) is 0. The van der Waals surface area contributed by atoms with Gasteiger partial charge in [-0.2, -0.15) is 0 Å².